The SMILES string of the molecule is CN(C)c1ccc2c(c1N(C)C)SSSSS2. The highest BCUT2D eigenvalue weighted by Crippen LogP contribution is 2.61. The first kappa shape index (κ1) is 14.0. The van der Waals surface area contributed by atoms with E-state index < -0.39 is 0 Å². The number of fused-ring (bicyclic) bond motifs is 1. The van der Waals surface area contributed by atoms with Crippen molar-refractivity contribution in [1.29, 1.82) is 0 Å². The maximum absolute atomic E-state index is 2.23. The molecule has 0 saturated heterocycles. The van der Waals surface area contributed by atoms with E-state index in [-0.39, 0.29) is 0 Å². The Balaban J connectivity index is 2.55. The predicted octanol–water partition coefficient (Wildman–Crippen LogP) is 4.88. The summed E-state index contributed by atoms with van der Waals surface area (Å²) in [6, 6.07) is 4.44. The van der Waals surface area contributed by atoms with Crippen molar-refractivity contribution in [1.82, 2.24) is 0 Å². The van der Waals surface area contributed by atoms with Crippen LogP contribution in [0, 0.1) is 0 Å². The summed E-state index contributed by atoms with van der Waals surface area (Å²) in [7, 11) is 17.7. The minimum atomic E-state index is 1.28. The summed E-state index contributed by atoms with van der Waals surface area (Å²) in [5.74, 6) is 0. The van der Waals surface area contributed by atoms with Crippen molar-refractivity contribution < 1.29 is 0 Å². The van der Waals surface area contributed by atoms with Gasteiger partial charge in [0.05, 0.1) is 16.3 Å². The van der Waals surface area contributed by atoms with Gasteiger partial charge in [-0.25, -0.2) is 0 Å². The highest BCUT2D eigenvalue weighted by atomic mass is 33.8. The molecule has 0 N–H and O–H groups in total. The monoisotopic (exact) mass is 322 g/mol. The number of nitrogens with zero attached hydrogens (tertiary/aromatic N) is 2. The highest BCUT2D eigenvalue weighted by Gasteiger charge is 2.20. The summed E-state index contributed by atoms with van der Waals surface area (Å²) >= 11 is 0. The average Bonchev–Trinajstić information content (AvgIpc) is 2.51. The van der Waals surface area contributed by atoms with Crippen LogP contribution < -0.4 is 9.80 Å². The molecule has 0 saturated carbocycles. The molecule has 94 valence electrons. The second-order valence-corrected chi connectivity index (χ2v) is 11.4. The molecule has 1 aromatic carbocycles. The third-order valence-corrected chi connectivity index (χ3v) is 10.8. The van der Waals surface area contributed by atoms with Gasteiger partial charge in [0.2, 0.25) is 0 Å². The fraction of sp³-hybridized carbons (Fsp3) is 0.400. The summed E-state index contributed by atoms with van der Waals surface area (Å²) < 4.78 is 0. The molecule has 0 atom stereocenters. The smallest absolute Gasteiger partial charge is 0.0757 e. The molecule has 0 amide bonds. The second-order valence-electron chi connectivity index (χ2n) is 3.92. The Morgan fingerprint density at radius 1 is 0.824 bits per heavy atom. The molecule has 0 unspecified atom stereocenters. The van der Waals surface area contributed by atoms with E-state index in [0.717, 1.165) is 0 Å². The van der Waals surface area contributed by atoms with Crippen LogP contribution in [0.2, 0.25) is 0 Å². The van der Waals surface area contributed by atoms with Crippen molar-refractivity contribution in [2.24, 2.45) is 0 Å². The molecular weight excluding hydrogens is 308 g/mol. The van der Waals surface area contributed by atoms with E-state index in [4.69, 9.17) is 0 Å². The van der Waals surface area contributed by atoms with Crippen molar-refractivity contribution in [3.8, 4) is 0 Å². The van der Waals surface area contributed by atoms with Crippen LogP contribution >= 0.6 is 51.1 Å². The van der Waals surface area contributed by atoms with Gasteiger partial charge in [0.1, 0.15) is 0 Å². The summed E-state index contributed by atoms with van der Waals surface area (Å²) in [4.78, 5) is 7.14. The molecule has 2 rings (SSSR count). The Hall–Kier alpha value is 0.570. The van der Waals surface area contributed by atoms with E-state index in [1.807, 2.05) is 51.1 Å². The Kier molecular flexibility index (Phi) is 5.06. The van der Waals surface area contributed by atoms with Crippen molar-refractivity contribution >= 4 is 62.4 Å². The molecule has 1 aliphatic rings. The van der Waals surface area contributed by atoms with E-state index in [1.165, 1.54) is 21.2 Å². The molecule has 7 heteroatoms. The minimum Gasteiger partial charge on any atom is -0.376 e. The van der Waals surface area contributed by atoms with E-state index in [0.29, 0.717) is 0 Å². The first-order valence-electron chi connectivity index (χ1n) is 4.97. The molecule has 0 radical (unpaired) electrons. The average molecular weight is 323 g/mol. The first-order chi connectivity index (χ1) is 8.11. The van der Waals surface area contributed by atoms with Gasteiger partial charge in [0.15, 0.2) is 0 Å². The standard InChI is InChI=1S/C10H14N2S5/c1-11(2)7-5-6-8-10(9(7)12(3)4)14-16-17-15-13-8/h5-6H,1-4H3. The summed E-state index contributed by atoms with van der Waals surface area (Å²) in [6.45, 7) is 0. The second kappa shape index (κ2) is 6.14. The van der Waals surface area contributed by atoms with Gasteiger partial charge in [-0.2, -0.15) is 0 Å². The van der Waals surface area contributed by atoms with Gasteiger partial charge in [-0.05, 0) is 63.2 Å². The quantitative estimate of drug-likeness (QED) is 0.707. The molecule has 0 bridgehead atoms. The zero-order chi connectivity index (χ0) is 12.4. The molecule has 1 heterocycles. The molecule has 17 heavy (non-hydrogen) atoms. The summed E-state index contributed by atoms with van der Waals surface area (Å²) in [5, 5.41) is 0. The lowest BCUT2D eigenvalue weighted by molar-refractivity contribution is 1.03. The van der Waals surface area contributed by atoms with Crippen LogP contribution in [0.25, 0.3) is 0 Å². The van der Waals surface area contributed by atoms with E-state index in [1.54, 1.807) is 0 Å². The molecule has 2 nitrogen and oxygen atoms in total. The Morgan fingerprint density at radius 2 is 1.53 bits per heavy atom. The third-order valence-electron chi connectivity index (χ3n) is 2.30. The molecule has 0 aliphatic carbocycles. The zero-order valence-electron chi connectivity index (χ0n) is 10.1. The number of anilines is 2. The van der Waals surface area contributed by atoms with Crippen LogP contribution in [0.15, 0.2) is 21.9 Å². The number of rotatable bonds is 2. The first-order valence-corrected chi connectivity index (χ1v) is 11.1. The lowest BCUT2D eigenvalue weighted by atomic mass is 10.2. The van der Waals surface area contributed by atoms with Crippen LogP contribution in [0.5, 0.6) is 0 Å². The Morgan fingerprint density at radius 3 is 2.18 bits per heavy atom. The van der Waals surface area contributed by atoms with Crippen LogP contribution in [0.3, 0.4) is 0 Å². The fourth-order valence-electron chi connectivity index (χ4n) is 1.59. The topological polar surface area (TPSA) is 6.48 Å². The van der Waals surface area contributed by atoms with Crippen LogP contribution in [-0.4, -0.2) is 28.2 Å². The third kappa shape index (κ3) is 3.12. The minimum absolute atomic E-state index is 1.28. The molecule has 1 aliphatic heterocycles. The van der Waals surface area contributed by atoms with Gasteiger partial charge in [0.25, 0.3) is 0 Å². The summed E-state index contributed by atoms with van der Waals surface area (Å²) in [6.07, 6.45) is 0. The Bertz CT molecular complexity index is 408. The largest absolute Gasteiger partial charge is 0.376 e. The van der Waals surface area contributed by atoms with Crippen LogP contribution in [-0.2, 0) is 0 Å². The van der Waals surface area contributed by atoms with Crippen molar-refractivity contribution in [2.75, 3.05) is 38.0 Å². The van der Waals surface area contributed by atoms with Gasteiger partial charge in [-0.1, -0.05) is 0 Å². The fourth-order valence-corrected chi connectivity index (χ4v) is 10.7. The van der Waals surface area contributed by atoms with Gasteiger partial charge < -0.3 is 9.80 Å². The maximum atomic E-state index is 2.23. The molecule has 1 aromatic rings. The lowest BCUT2D eigenvalue weighted by Crippen LogP contribution is -2.17. The zero-order valence-corrected chi connectivity index (χ0v) is 14.2. The Labute approximate surface area is 122 Å². The molecule has 0 aromatic heterocycles. The van der Waals surface area contributed by atoms with Gasteiger partial charge in [0, 0.05) is 33.1 Å². The normalized spacial score (nSPS) is 15.1. The van der Waals surface area contributed by atoms with Gasteiger partial charge >= 0.3 is 0 Å². The van der Waals surface area contributed by atoms with E-state index in [9.17, 15) is 0 Å². The number of hydrogen-bond donors (Lipinski definition) is 0. The molecule has 0 spiro atoms. The summed E-state index contributed by atoms with van der Waals surface area (Å²) in [5.41, 5.74) is 2.60. The van der Waals surface area contributed by atoms with Crippen molar-refractivity contribution in [3.05, 3.63) is 12.1 Å². The number of hydrogen-bond acceptors (Lipinski definition) is 7. The highest BCUT2D eigenvalue weighted by molar-refractivity contribution is 9.36. The number of benzene rings is 1. The van der Waals surface area contributed by atoms with Crippen molar-refractivity contribution in [3.63, 3.8) is 0 Å². The lowest BCUT2D eigenvalue weighted by Gasteiger charge is -2.25. The van der Waals surface area contributed by atoms with Crippen molar-refractivity contribution in [2.45, 2.75) is 9.79 Å². The van der Waals surface area contributed by atoms with Gasteiger partial charge in [-0.3, -0.25) is 0 Å². The van der Waals surface area contributed by atoms with E-state index >= 15 is 0 Å². The maximum Gasteiger partial charge on any atom is 0.0757 e. The predicted molar refractivity (Wildman–Crippen MR) is 89.6 cm³/mol. The molecule has 0 fully saturated rings. The molecular formula is C10H14N2S5. The van der Waals surface area contributed by atoms with Crippen LogP contribution in [0.4, 0.5) is 11.4 Å². The van der Waals surface area contributed by atoms with Gasteiger partial charge in [-0.15, -0.1) is 0 Å². The van der Waals surface area contributed by atoms with E-state index in [2.05, 4.69) is 50.1 Å². The van der Waals surface area contributed by atoms with Crippen LogP contribution in [0.1, 0.15) is 0 Å².